The van der Waals surface area contributed by atoms with Crippen LogP contribution in [0, 0.1) is 0 Å². The highest BCUT2D eigenvalue weighted by molar-refractivity contribution is 5.89. The molecule has 0 spiro atoms. The predicted molar refractivity (Wildman–Crippen MR) is 92.1 cm³/mol. The number of rotatable bonds is 5. The van der Waals surface area contributed by atoms with Crippen molar-refractivity contribution >= 4 is 11.8 Å². The lowest BCUT2D eigenvalue weighted by Crippen LogP contribution is -2.46. The van der Waals surface area contributed by atoms with E-state index >= 15 is 0 Å². The molecule has 1 saturated heterocycles. The van der Waals surface area contributed by atoms with Gasteiger partial charge in [-0.1, -0.05) is 18.2 Å². The number of aromatic nitrogens is 2. The molecular weight excluding hydrogens is 360 g/mol. The van der Waals surface area contributed by atoms with Crippen LogP contribution in [0.2, 0.25) is 0 Å². The fourth-order valence-electron chi connectivity index (χ4n) is 2.82. The Morgan fingerprint density at radius 3 is 2.78 bits per heavy atom. The van der Waals surface area contributed by atoms with E-state index in [4.69, 9.17) is 15.4 Å². The molecule has 3 N–H and O–H groups in total. The number of nitrogen functional groups attached to an aromatic ring is 1. The maximum absolute atomic E-state index is 14.5. The van der Waals surface area contributed by atoms with Gasteiger partial charge in [-0.25, -0.2) is 29.4 Å². The monoisotopic (exact) mass is 379 g/mol. The molecule has 1 fully saturated rings. The first-order valence-corrected chi connectivity index (χ1v) is 8.22. The summed E-state index contributed by atoms with van der Waals surface area (Å²) in [5.41, 5.74) is 2.64. The Bertz CT molecular complexity index is 806. The molecule has 1 aliphatic heterocycles. The number of halogens is 2. The van der Waals surface area contributed by atoms with Crippen molar-refractivity contribution in [3.63, 3.8) is 0 Å². The van der Waals surface area contributed by atoms with E-state index in [2.05, 4.69) is 15.4 Å². The molecule has 0 radical (unpaired) electrons. The zero-order valence-electron chi connectivity index (χ0n) is 14.6. The van der Waals surface area contributed by atoms with Crippen LogP contribution in [0.3, 0.4) is 0 Å². The lowest BCUT2D eigenvalue weighted by Gasteiger charge is -2.36. The van der Waals surface area contributed by atoms with Crippen LogP contribution in [0.25, 0.3) is 0 Å². The number of hydrogen-bond donors (Lipinski definition) is 2. The van der Waals surface area contributed by atoms with E-state index in [1.54, 1.807) is 30.3 Å². The molecule has 27 heavy (non-hydrogen) atoms. The van der Waals surface area contributed by atoms with E-state index in [9.17, 15) is 13.6 Å². The standard InChI is InChI=1S/C17H19F2N5O3/c1-26-15-14(23-20)22-13(9-21-15)12-10-24(8-7-17(12,18)19)27-16(25)11-5-3-2-4-6-11/h2-6,9,12H,7-8,10,20H2,1H3,(H,22,23). The number of hydroxylamine groups is 2. The van der Waals surface area contributed by atoms with Crippen molar-refractivity contribution in [3.8, 4) is 5.88 Å². The van der Waals surface area contributed by atoms with Gasteiger partial charge in [0.2, 0.25) is 5.82 Å². The van der Waals surface area contributed by atoms with Crippen LogP contribution in [0.1, 0.15) is 28.4 Å². The molecule has 1 unspecified atom stereocenters. The number of nitrogens with two attached hydrogens (primary N) is 1. The average molecular weight is 379 g/mol. The van der Waals surface area contributed by atoms with Gasteiger partial charge in [0.1, 0.15) is 0 Å². The lowest BCUT2D eigenvalue weighted by atomic mass is 9.92. The first kappa shape index (κ1) is 18.9. The van der Waals surface area contributed by atoms with Gasteiger partial charge in [-0.15, -0.1) is 5.06 Å². The molecule has 1 aromatic carbocycles. The fourth-order valence-corrected chi connectivity index (χ4v) is 2.82. The van der Waals surface area contributed by atoms with Gasteiger partial charge in [-0.3, -0.25) is 0 Å². The second-order valence-corrected chi connectivity index (χ2v) is 5.99. The van der Waals surface area contributed by atoms with E-state index in [-0.39, 0.29) is 30.5 Å². The van der Waals surface area contributed by atoms with Crippen molar-refractivity contribution in [2.75, 3.05) is 25.6 Å². The first-order chi connectivity index (χ1) is 12.9. The van der Waals surface area contributed by atoms with Crippen molar-refractivity contribution in [2.45, 2.75) is 18.3 Å². The quantitative estimate of drug-likeness (QED) is 0.600. The third-order valence-corrected chi connectivity index (χ3v) is 4.26. The van der Waals surface area contributed by atoms with Crippen molar-refractivity contribution in [1.29, 1.82) is 0 Å². The minimum absolute atomic E-state index is 0.0224. The summed E-state index contributed by atoms with van der Waals surface area (Å²) in [6, 6.07) is 8.33. The number of nitrogens with zero attached hydrogens (tertiary/aromatic N) is 3. The topological polar surface area (TPSA) is 103 Å². The number of piperidine rings is 1. The molecule has 1 aromatic heterocycles. The molecule has 8 nitrogen and oxygen atoms in total. The van der Waals surface area contributed by atoms with Crippen LogP contribution in [0.4, 0.5) is 14.6 Å². The Balaban J connectivity index is 1.79. The third-order valence-electron chi connectivity index (χ3n) is 4.26. The molecule has 0 bridgehead atoms. The number of anilines is 1. The molecule has 3 rings (SSSR count). The first-order valence-electron chi connectivity index (χ1n) is 8.22. The van der Waals surface area contributed by atoms with Crippen LogP contribution >= 0.6 is 0 Å². The van der Waals surface area contributed by atoms with E-state index in [0.29, 0.717) is 5.56 Å². The van der Waals surface area contributed by atoms with Crippen molar-refractivity contribution in [1.82, 2.24) is 15.0 Å². The second-order valence-electron chi connectivity index (χ2n) is 5.99. The van der Waals surface area contributed by atoms with Crippen LogP contribution in [-0.2, 0) is 4.84 Å². The summed E-state index contributed by atoms with van der Waals surface area (Å²) in [4.78, 5) is 25.5. The molecule has 0 amide bonds. The van der Waals surface area contributed by atoms with E-state index in [1.165, 1.54) is 18.4 Å². The Morgan fingerprint density at radius 2 is 2.11 bits per heavy atom. The summed E-state index contributed by atoms with van der Waals surface area (Å²) in [6.07, 6.45) is 0.722. The van der Waals surface area contributed by atoms with E-state index in [0.717, 1.165) is 0 Å². The molecule has 1 aliphatic rings. The van der Waals surface area contributed by atoms with Crippen LogP contribution in [-0.4, -0.2) is 47.1 Å². The highest BCUT2D eigenvalue weighted by Gasteiger charge is 2.47. The minimum Gasteiger partial charge on any atom is -0.478 e. The summed E-state index contributed by atoms with van der Waals surface area (Å²) < 4.78 is 33.9. The lowest BCUT2D eigenvalue weighted by molar-refractivity contribution is -0.175. The number of carbonyl (C=O) groups is 1. The van der Waals surface area contributed by atoms with Crippen molar-refractivity contribution in [2.24, 2.45) is 5.84 Å². The normalized spacial score (nSPS) is 19.3. The van der Waals surface area contributed by atoms with Gasteiger partial charge >= 0.3 is 5.97 Å². The Morgan fingerprint density at radius 1 is 1.37 bits per heavy atom. The van der Waals surface area contributed by atoms with Gasteiger partial charge in [-0.2, -0.15) is 0 Å². The number of benzene rings is 1. The second kappa shape index (κ2) is 7.80. The van der Waals surface area contributed by atoms with E-state index < -0.39 is 24.2 Å². The Kier molecular flexibility index (Phi) is 5.47. The number of alkyl halides is 2. The van der Waals surface area contributed by atoms with Crippen LogP contribution < -0.4 is 16.0 Å². The Labute approximate surface area is 154 Å². The van der Waals surface area contributed by atoms with Gasteiger partial charge in [-0.05, 0) is 12.1 Å². The average Bonchev–Trinajstić information content (AvgIpc) is 2.69. The van der Waals surface area contributed by atoms with E-state index in [1.807, 2.05) is 0 Å². The summed E-state index contributed by atoms with van der Waals surface area (Å²) >= 11 is 0. The zero-order chi connectivity index (χ0) is 19.4. The summed E-state index contributed by atoms with van der Waals surface area (Å²) in [7, 11) is 1.37. The molecule has 0 aliphatic carbocycles. The molecule has 2 heterocycles. The number of hydrogen-bond acceptors (Lipinski definition) is 8. The number of ether oxygens (including phenoxy) is 1. The highest BCUT2D eigenvalue weighted by Crippen LogP contribution is 2.40. The van der Waals surface area contributed by atoms with Crippen LogP contribution in [0.15, 0.2) is 36.5 Å². The largest absolute Gasteiger partial charge is 0.478 e. The minimum atomic E-state index is -3.04. The number of methoxy groups -OCH3 is 1. The van der Waals surface area contributed by atoms with Crippen molar-refractivity contribution < 1.29 is 23.1 Å². The number of nitrogens with one attached hydrogen (secondary N) is 1. The molecule has 144 valence electrons. The van der Waals surface area contributed by atoms with Gasteiger partial charge in [0, 0.05) is 19.5 Å². The predicted octanol–water partition coefficient (Wildman–Crippen LogP) is 1.97. The fraction of sp³-hybridized carbons (Fsp3) is 0.353. The SMILES string of the molecule is COc1ncc(C2CN(OC(=O)c3ccccc3)CCC2(F)F)nc1NN. The third kappa shape index (κ3) is 4.12. The van der Waals surface area contributed by atoms with Crippen molar-refractivity contribution in [3.05, 3.63) is 47.8 Å². The molecule has 1 atom stereocenters. The smallest absolute Gasteiger partial charge is 0.357 e. The molecule has 10 heteroatoms. The highest BCUT2D eigenvalue weighted by atomic mass is 19.3. The van der Waals surface area contributed by atoms with Crippen LogP contribution in [0.5, 0.6) is 5.88 Å². The van der Waals surface area contributed by atoms with Gasteiger partial charge in [0.05, 0.1) is 30.5 Å². The summed E-state index contributed by atoms with van der Waals surface area (Å²) in [5, 5.41) is 1.22. The number of hydrazine groups is 1. The molecular formula is C17H19F2N5O3. The van der Waals surface area contributed by atoms with Gasteiger partial charge in [0.25, 0.3) is 11.8 Å². The maximum atomic E-state index is 14.5. The molecule has 0 saturated carbocycles. The Hall–Kier alpha value is -2.85. The van der Waals surface area contributed by atoms with Gasteiger partial charge in [0.15, 0.2) is 0 Å². The summed E-state index contributed by atoms with van der Waals surface area (Å²) in [5.74, 6) is 0.523. The number of carbonyl (C=O) groups excluding carboxylic acids is 1. The zero-order valence-corrected chi connectivity index (χ0v) is 14.6. The van der Waals surface area contributed by atoms with Gasteiger partial charge < -0.3 is 15.0 Å². The molecule has 2 aromatic rings. The summed E-state index contributed by atoms with van der Waals surface area (Å²) in [6.45, 7) is -0.315. The maximum Gasteiger partial charge on any atom is 0.357 e.